The predicted molar refractivity (Wildman–Crippen MR) is 72.8 cm³/mol. The third-order valence-corrected chi connectivity index (χ3v) is 5.63. The standard InChI is InChI=1S/C14H19N3S/c1-10-12(11-4-7-17(2)8-11)16-13(18-10)14(9-15)5-3-6-14/h11H,3-8H2,1-2H3. The van der Waals surface area contributed by atoms with Crippen molar-refractivity contribution in [2.75, 3.05) is 20.1 Å². The summed E-state index contributed by atoms with van der Waals surface area (Å²) in [4.78, 5) is 8.55. The van der Waals surface area contributed by atoms with Gasteiger partial charge in [-0.3, -0.25) is 0 Å². The van der Waals surface area contributed by atoms with Gasteiger partial charge in [0.1, 0.15) is 10.4 Å². The Morgan fingerprint density at radius 2 is 2.28 bits per heavy atom. The van der Waals surface area contributed by atoms with E-state index in [1.807, 2.05) is 0 Å². The first kappa shape index (κ1) is 12.1. The zero-order valence-corrected chi connectivity index (χ0v) is 11.9. The second-order valence-electron chi connectivity index (χ2n) is 5.76. The molecule has 2 aliphatic rings. The van der Waals surface area contributed by atoms with Gasteiger partial charge >= 0.3 is 0 Å². The first-order valence-electron chi connectivity index (χ1n) is 6.72. The molecule has 1 saturated heterocycles. The van der Waals surface area contributed by atoms with Crippen LogP contribution in [-0.4, -0.2) is 30.0 Å². The maximum absolute atomic E-state index is 9.41. The summed E-state index contributed by atoms with van der Waals surface area (Å²) < 4.78 is 0. The topological polar surface area (TPSA) is 39.9 Å². The van der Waals surface area contributed by atoms with Gasteiger partial charge in [0, 0.05) is 17.3 Å². The summed E-state index contributed by atoms with van der Waals surface area (Å²) in [5.74, 6) is 0.579. The lowest BCUT2D eigenvalue weighted by atomic mass is 9.70. The Hall–Kier alpha value is -0.920. The summed E-state index contributed by atoms with van der Waals surface area (Å²) in [6, 6.07) is 2.51. The molecule has 0 bridgehead atoms. The maximum atomic E-state index is 9.41. The lowest BCUT2D eigenvalue weighted by molar-refractivity contribution is 0.322. The molecule has 1 atom stereocenters. The highest BCUT2D eigenvalue weighted by Crippen LogP contribution is 2.46. The summed E-state index contributed by atoms with van der Waals surface area (Å²) in [7, 11) is 2.17. The summed E-state index contributed by atoms with van der Waals surface area (Å²) in [6.07, 6.45) is 4.38. The van der Waals surface area contributed by atoms with Gasteiger partial charge in [-0.15, -0.1) is 11.3 Å². The maximum Gasteiger partial charge on any atom is 0.113 e. The SMILES string of the molecule is Cc1sc(C2(C#N)CCC2)nc1C1CCN(C)C1. The lowest BCUT2D eigenvalue weighted by Crippen LogP contribution is -2.32. The van der Waals surface area contributed by atoms with Crippen molar-refractivity contribution in [1.82, 2.24) is 9.88 Å². The number of hydrogen-bond donors (Lipinski definition) is 0. The van der Waals surface area contributed by atoms with Gasteiger partial charge < -0.3 is 4.90 Å². The molecule has 1 saturated carbocycles. The molecule has 1 aliphatic heterocycles. The molecule has 1 unspecified atom stereocenters. The third kappa shape index (κ3) is 1.77. The molecular formula is C14H19N3S. The Balaban J connectivity index is 1.89. The molecule has 0 aromatic carbocycles. The smallest absolute Gasteiger partial charge is 0.113 e. The van der Waals surface area contributed by atoms with Gasteiger partial charge in [0.25, 0.3) is 0 Å². The number of likely N-dealkylation sites (N-methyl/N-ethyl adjacent to an activating group) is 1. The van der Waals surface area contributed by atoms with Crippen molar-refractivity contribution >= 4 is 11.3 Å². The van der Waals surface area contributed by atoms with Crippen LogP contribution < -0.4 is 0 Å². The number of rotatable bonds is 2. The number of likely N-dealkylation sites (tertiary alicyclic amines) is 1. The van der Waals surface area contributed by atoms with Crippen molar-refractivity contribution in [3.05, 3.63) is 15.6 Å². The van der Waals surface area contributed by atoms with Gasteiger partial charge in [-0.1, -0.05) is 0 Å². The number of nitrogens with zero attached hydrogens (tertiary/aromatic N) is 3. The molecule has 3 rings (SSSR count). The van der Waals surface area contributed by atoms with E-state index >= 15 is 0 Å². The number of nitriles is 1. The van der Waals surface area contributed by atoms with Crippen molar-refractivity contribution in [1.29, 1.82) is 5.26 Å². The zero-order chi connectivity index (χ0) is 12.8. The molecule has 4 heteroatoms. The van der Waals surface area contributed by atoms with Crippen LogP contribution >= 0.6 is 11.3 Å². The van der Waals surface area contributed by atoms with E-state index in [1.165, 1.54) is 30.0 Å². The van der Waals surface area contributed by atoms with Crippen molar-refractivity contribution in [2.24, 2.45) is 0 Å². The van der Waals surface area contributed by atoms with Crippen LogP contribution in [0.4, 0.5) is 0 Å². The van der Waals surface area contributed by atoms with Crippen LogP contribution in [0.25, 0.3) is 0 Å². The van der Waals surface area contributed by atoms with Crippen molar-refractivity contribution in [3.8, 4) is 6.07 Å². The first-order chi connectivity index (χ1) is 8.64. The molecule has 2 fully saturated rings. The monoisotopic (exact) mass is 261 g/mol. The fraction of sp³-hybridized carbons (Fsp3) is 0.714. The Bertz CT molecular complexity index is 496. The van der Waals surface area contributed by atoms with E-state index in [2.05, 4.69) is 24.9 Å². The van der Waals surface area contributed by atoms with Crippen LogP contribution in [0, 0.1) is 18.3 Å². The average molecular weight is 261 g/mol. The molecule has 1 aromatic rings. The number of aryl methyl sites for hydroxylation is 1. The first-order valence-corrected chi connectivity index (χ1v) is 7.54. The average Bonchev–Trinajstić information content (AvgIpc) is 2.85. The van der Waals surface area contributed by atoms with Crippen LogP contribution in [0.3, 0.4) is 0 Å². The minimum atomic E-state index is -0.238. The third-order valence-electron chi connectivity index (χ3n) is 4.44. The molecule has 2 heterocycles. The van der Waals surface area contributed by atoms with E-state index in [-0.39, 0.29) is 5.41 Å². The molecule has 0 spiro atoms. The normalized spacial score (nSPS) is 26.8. The molecule has 3 nitrogen and oxygen atoms in total. The van der Waals surface area contributed by atoms with Crippen LogP contribution in [0.15, 0.2) is 0 Å². The second kappa shape index (κ2) is 4.32. The number of aromatic nitrogens is 1. The molecule has 18 heavy (non-hydrogen) atoms. The summed E-state index contributed by atoms with van der Waals surface area (Å²) >= 11 is 1.76. The summed E-state index contributed by atoms with van der Waals surface area (Å²) in [5.41, 5.74) is 1.03. The van der Waals surface area contributed by atoms with Crippen molar-refractivity contribution < 1.29 is 0 Å². The van der Waals surface area contributed by atoms with Gasteiger partial charge in [0.2, 0.25) is 0 Å². The van der Waals surface area contributed by atoms with E-state index in [1.54, 1.807) is 11.3 Å². The van der Waals surface area contributed by atoms with Crippen molar-refractivity contribution in [3.63, 3.8) is 0 Å². The molecule has 1 aliphatic carbocycles. The highest BCUT2D eigenvalue weighted by atomic mass is 32.1. The Labute approximate surface area is 112 Å². The summed E-state index contributed by atoms with van der Waals surface area (Å²) in [5, 5.41) is 10.5. The quantitative estimate of drug-likeness (QED) is 0.822. The molecule has 0 amide bonds. The van der Waals surface area contributed by atoms with Crippen molar-refractivity contribution in [2.45, 2.75) is 43.9 Å². The second-order valence-corrected chi connectivity index (χ2v) is 6.96. The van der Waals surface area contributed by atoms with E-state index < -0.39 is 0 Å². The number of thiazole rings is 1. The minimum absolute atomic E-state index is 0.238. The largest absolute Gasteiger partial charge is 0.306 e. The molecular weight excluding hydrogens is 242 g/mol. The molecule has 0 N–H and O–H groups in total. The lowest BCUT2D eigenvalue weighted by Gasteiger charge is -2.32. The fourth-order valence-electron chi connectivity index (χ4n) is 3.05. The minimum Gasteiger partial charge on any atom is -0.306 e. The summed E-state index contributed by atoms with van der Waals surface area (Å²) in [6.45, 7) is 4.45. The van der Waals surface area contributed by atoms with Crippen LogP contribution in [0.2, 0.25) is 0 Å². The van der Waals surface area contributed by atoms with Gasteiger partial charge in [-0.25, -0.2) is 4.98 Å². The van der Waals surface area contributed by atoms with Gasteiger partial charge in [-0.2, -0.15) is 5.26 Å². The van der Waals surface area contributed by atoms with Gasteiger partial charge in [0.15, 0.2) is 0 Å². The Morgan fingerprint density at radius 3 is 2.78 bits per heavy atom. The molecule has 1 aromatic heterocycles. The predicted octanol–water partition coefficient (Wildman–Crippen LogP) is 2.82. The highest BCUT2D eigenvalue weighted by Gasteiger charge is 2.42. The van der Waals surface area contributed by atoms with Gasteiger partial charge in [-0.05, 0) is 46.2 Å². The van der Waals surface area contributed by atoms with E-state index in [4.69, 9.17) is 4.98 Å². The fourth-order valence-corrected chi connectivity index (χ4v) is 4.25. The Kier molecular flexibility index (Phi) is 2.91. The van der Waals surface area contributed by atoms with Crippen LogP contribution in [0.1, 0.15) is 47.2 Å². The highest BCUT2D eigenvalue weighted by molar-refractivity contribution is 7.11. The van der Waals surface area contributed by atoms with Gasteiger partial charge in [0.05, 0.1) is 11.8 Å². The van der Waals surface area contributed by atoms with Crippen LogP contribution in [-0.2, 0) is 5.41 Å². The molecule has 0 radical (unpaired) electrons. The molecule has 96 valence electrons. The van der Waals surface area contributed by atoms with E-state index in [9.17, 15) is 5.26 Å². The zero-order valence-electron chi connectivity index (χ0n) is 11.1. The Morgan fingerprint density at radius 1 is 1.50 bits per heavy atom. The number of hydrogen-bond acceptors (Lipinski definition) is 4. The van der Waals surface area contributed by atoms with Crippen LogP contribution in [0.5, 0.6) is 0 Å². The van der Waals surface area contributed by atoms with E-state index in [0.717, 1.165) is 24.4 Å². The van der Waals surface area contributed by atoms with E-state index in [0.29, 0.717) is 5.92 Å².